The van der Waals surface area contributed by atoms with Gasteiger partial charge >= 0.3 is 6.09 Å². The number of anilines is 1. The third-order valence-corrected chi connectivity index (χ3v) is 2.16. The normalized spacial score (nSPS) is 9.31. The molecule has 0 aromatic heterocycles. The number of carbonyl (C=O) groups excluding carboxylic acids is 1. The molecule has 2 N–H and O–H groups in total. The number of hydrogen-bond donors (Lipinski definition) is 2. The summed E-state index contributed by atoms with van der Waals surface area (Å²) in [6.45, 7) is -0.316. The number of benzene rings is 1. The third kappa shape index (κ3) is 3.53. The first kappa shape index (κ1) is 12.5. The second kappa shape index (κ2) is 6.10. The average molecular weight is 285 g/mol. The van der Waals surface area contributed by atoms with Gasteiger partial charge in [0.25, 0.3) is 0 Å². The highest BCUT2D eigenvalue weighted by Gasteiger charge is 2.07. The lowest BCUT2D eigenvalue weighted by molar-refractivity contribution is 0.131. The van der Waals surface area contributed by atoms with Gasteiger partial charge in [-0.15, -0.1) is 0 Å². The number of nitrogens with zero attached hydrogens (tertiary/aromatic N) is 1. The molecule has 0 atom stereocenters. The van der Waals surface area contributed by atoms with Crippen LogP contribution in [0, 0.1) is 11.3 Å². The molecule has 0 saturated carbocycles. The molecule has 0 aliphatic heterocycles. The van der Waals surface area contributed by atoms with E-state index in [1.807, 2.05) is 6.07 Å². The lowest BCUT2D eigenvalue weighted by Gasteiger charge is -2.07. The van der Waals surface area contributed by atoms with Crippen LogP contribution in [0.2, 0.25) is 0 Å². The molecular weight excluding hydrogens is 276 g/mol. The van der Waals surface area contributed by atoms with Crippen LogP contribution in [-0.4, -0.2) is 24.4 Å². The van der Waals surface area contributed by atoms with Gasteiger partial charge in [0, 0.05) is 4.47 Å². The Kier molecular flexibility index (Phi) is 4.76. The maximum atomic E-state index is 11.2. The molecule has 84 valence electrons. The van der Waals surface area contributed by atoms with E-state index in [1.165, 1.54) is 0 Å². The Morgan fingerprint density at radius 1 is 1.62 bits per heavy atom. The van der Waals surface area contributed by atoms with Gasteiger partial charge in [-0.3, -0.25) is 5.32 Å². The zero-order valence-corrected chi connectivity index (χ0v) is 9.82. The quantitative estimate of drug-likeness (QED) is 0.888. The lowest BCUT2D eigenvalue weighted by atomic mass is 10.2. The van der Waals surface area contributed by atoms with Crippen LogP contribution in [-0.2, 0) is 4.74 Å². The van der Waals surface area contributed by atoms with Crippen LogP contribution in [0.25, 0.3) is 0 Å². The molecule has 16 heavy (non-hydrogen) atoms. The zero-order valence-electron chi connectivity index (χ0n) is 8.24. The Morgan fingerprint density at radius 2 is 2.38 bits per heavy atom. The molecule has 1 rings (SSSR count). The van der Waals surface area contributed by atoms with E-state index >= 15 is 0 Å². The molecule has 0 spiro atoms. The standard InChI is InChI=1S/C10H9BrN2O3/c11-8-1-2-9(7(5-8)6-12)13-10(15)16-4-3-14/h1-2,5,14H,3-4H2,(H,13,15). The summed E-state index contributed by atoms with van der Waals surface area (Å²) in [7, 11) is 0. The van der Waals surface area contributed by atoms with E-state index in [0.717, 1.165) is 4.47 Å². The largest absolute Gasteiger partial charge is 0.447 e. The molecule has 0 fully saturated rings. The maximum absolute atomic E-state index is 11.2. The fourth-order valence-electron chi connectivity index (χ4n) is 1.00. The smallest absolute Gasteiger partial charge is 0.411 e. The maximum Gasteiger partial charge on any atom is 0.411 e. The van der Waals surface area contributed by atoms with E-state index in [2.05, 4.69) is 26.0 Å². The van der Waals surface area contributed by atoms with Gasteiger partial charge in [0.15, 0.2) is 0 Å². The van der Waals surface area contributed by atoms with E-state index in [4.69, 9.17) is 10.4 Å². The Bertz CT molecular complexity index is 429. The van der Waals surface area contributed by atoms with Crippen molar-refractivity contribution < 1.29 is 14.6 Å². The molecule has 0 unspecified atom stereocenters. The average Bonchev–Trinajstić information content (AvgIpc) is 2.28. The minimum absolute atomic E-state index is 0.0791. The van der Waals surface area contributed by atoms with Crippen molar-refractivity contribution in [3.8, 4) is 6.07 Å². The minimum Gasteiger partial charge on any atom is -0.447 e. The summed E-state index contributed by atoms with van der Waals surface area (Å²) in [6, 6.07) is 6.82. The monoisotopic (exact) mass is 284 g/mol. The summed E-state index contributed by atoms with van der Waals surface area (Å²) >= 11 is 3.22. The van der Waals surface area contributed by atoms with Crippen molar-refractivity contribution in [1.82, 2.24) is 0 Å². The summed E-state index contributed by atoms with van der Waals surface area (Å²) in [5.41, 5.74) is 0.698. The fourth-order valence-corrected chi connectivity index (χ4v) is 1.36. The molecule has 0 radical (unpaired) electrons. The number of carbonyl (C=O) groups is 1. The van der Waals surface area contributed by atoms with Crippen molar-refractivity contribution in [2.45, 2.75) is 0 Å². The highest BCUT2D eigenvalue weighted by Crippen LogP contribution is 2.20. The van der Waals surface area contributed by atoms with Gasteiger partial charge in [-0.25, -0.2) is 4.79 Å². The molecule has 0 bridgehead atoms. The summed E-state index contributed by atoms with van der Waals surface area (Å²) in [5.74, 6) is 0. The molecule has 6 heteroatoms. The van der Waals surface area contributed by atoms with E-state index < -0.39 is 6.09 Å². The summed E-state index contributed by atoms with van der Waals surface area (Å²) < 4.78 is 5.35. The minimum atomic E-state index is -0.701. The van der Waals surface area contributed by atoms with E-state index in [0.29, 0.717) is 11.3 Å². The molecule has 0 aliphatic carbocycles. The third-order valence-electron chi connectivity index (χ3n) is 1.66. The van der Waals surface area contributed by atoms with Crippen molar-refractivity contribution in [2.24, 2.45) is 0 Å². The Morgan fingerprint density at radius 3 is 3.00 bits per heavy atom. The molecule has 0 saturated heterocycles. The second-order valence-corrected chi connectivity index (χ2v) is 3.70. The lowest BCUT2D eigenvalue weighted by Crippen LogP contribution is -2.16. The Hall–Kier alpha value is -1.58. The first-order valence-electron chi connectivity index (χ1n) is 4.41. The highest BCUT2D eigenvalue weighted by molar-refractivity contribution is 9.10. The second-order valence-electron chi connectivity index (χ2n) is 2.79. The van der Waals surface area contributed by atoms with E-state index in [9.17, 15) is 4.79 Å². The summed E-state index contributed by atoms with van der Waals surface area (Å²) in [4.78, 5) is 11.2. The van der Waals surface area contributed by atoms with Crippen molar-refractivity contribution in [3.05, 3.63) is 28.2 Å². The fraction of sp³-hybridized carbons (Fsp3) is 0.200. The highest BCUT2D eigenvalue weighted by atomic mass is 79.9. The van der Waals surface area contributed by atoms with Gasteiger partial charge in [-0.1, -0.05) is 15.9 Å². The van der Waals surface area contributed by atoms with Crippen LogP contribution in [0.3, 0.4) is 0 Å². The first-order valence-corrected chi connectivity index (χ1v) is 5.21. The molecule has 1 aromatic rings. The number of rotatable bonds is 3. The molecule has 0 heterocycles. The molecule has 5 nitrogen and oxygen atoms in total. The molecule has 1 amide bonds. The number of hydrogen-bond acceptors (Lipinski definition) is 4. The predicted molar refractivity (Wildman–Crippen MR) is 60.9 cm³/mol. The number of nitrogens with one attached hydrogen (secondary N) is 1. The van der Waals surface area contributed by atoms with Gasteiger partial charge in [0.2, 0.25) is 0 Å². The van der Waals surface area contributed by atoms with Gasteiger partial charge in [0.1, 0.15) is 12.7 Å². The van der Waals surface area contributed by atoms with Crippen molar-refractivity contribution in [1.29, 1.82) is 5.26 Å². The molecule has 1 aromatic carbocycles. The van der Waals surface area contributed by atoms with Gasteiger partial charge in [0.05, 0.1) is 17.9 Å². The van der Waals surface area contributed by atoms with Crippen molar-refractivity contribution in [2.75, 3.05) is 18.5 Å². The van der Waals surface area contributed by atoms with Crippen LogP contribution in [0.15, 0.2) is 22.7 Å². The summed E-state index contributed by atoms with van der Waals surface area (Å²) in [5, 5.41) is 19.7. The number of aliphatic hydroxyl groups is 1. The summed E-state index contributed by atoms with van der Waals surface area (Å²) in [6.07, 6.45) is -0.701. The number of nitriles is 1. The van der Waals surface area contributed by atoms with E-state index in [-0.39, 0.29) is 13.2 Å². The van der Waals surface area contributed by atoms with Gasteiger partial charge in [-0.05, 0) is 18.2 Å². The number of amides is 1. The van der Waals surface area contributed by atoms with Crippen LogP contribution < -0.4 is 5.32 Å². The Labute approximate surface area is 101 Å². The number of ether oxygens (including phenoxy) is 1. The SMILES string of the molecule is N#Cc1cc(Br)ccc1NC(=O)OCCO. The van der Waals surface area contributed by atoms with Crippen LogP contribution in [0.5, 0.6) is 0 Å². The predicted octanol–water partition coefficient (Wildman–Crippen LogP) is 1.86. The van der Waals surface area contributed by atoms with E-state index in [1.54, 1.807) is 18.2 Å². The van der Waals surface area contributed by atoms with Crippen LogP contribution >= 0.6 is 15.9 Å². The zero-order chi connectivity index (χ0) is 12.0. The topological polar surface area (TPSA) is 82.4 Å². The van der Waals surface area contributed by atoms with Crippen molar-refractivity contribution in [3.63, 3.8) is 0 Å². The van der Waals surface area contributed by atoms with Gasteiger partial charge in [-0.2, -0.15) is 5.26 Å². The molecule has 0 aliphatic rings. The number of aliphatic hydroxyl groups excluding tert-OH is 1. The Balaban J connectivity index is 2.74. The van der Waals surface area contributed by atoms with Crippen LogP contribution in [0.4, 0.5) is 10.5 Å². The first-order chi connectivity index (χ1) is 7.67. The van der Waals surface area contributed by atoms with Crippen molar-refractivity contribution >= 4 is 27.7 Å². The number of halogens is 1. The van der Waals surface area contributed by atoms with Crippen LogP contribution in [0.1, 0.15) is 5.56 Å². The van der Waals surface area contributed by atoms with Gasteiger partial charge < -0.3 is 9.84 Å². The molecular formula is C10H9BrN2O3.